The summed E-state index contributed by atoms with van der Waals surface area (Å²) >= 11 is 0. The number of para-hydroxylation sites is 3. The summed E-state index contributed by atoms with van der Waals surface area (Å²) in [7, 11) is 0. The van der Waals surface area contributed by atoms with Crippen LogP contribution in [0.2, 0.25) is 0 Å². The third-order valence-corrected chi connectivity index (χ3v) is 11.0. The minimum Gasteiger partial charge on any atom is -0.309 e. The van der Waals surface area contributed by atoms with E-state index in [9.17, 15) is 0 Å². The second kappa shape index (κ2) is 13.1. The molecule has 0 aliphatic carbocycles. The van der Waals surface area contributed by atoms with Crippen molar-refractivity contribution in [1.82, 2.24) is 19.1 Å². The Kier molecular flexibility index (Phi) is 7.46. The zero-order chi connectivity index (χ0) is 37.0. The normalized spacial score (nSPS) is 11.6. The predicted octanol–water partition coefficient (Wildman–Crippen LogP) is 13.3. The predicted molar refractivity (Wildman–Crippen MR) is 232 cm³/mol. The summed E-state index contributed by atoms with van der Waals surface area (Å²) in [5.41, 5.74) is 14.2. The monoisotopic (exact) mass is 714 g/mol. The van der Waals surface area contributed by atoms with Gasteiger partial charge in [-0.15, -0.1) is 0 Å². The fourth-order valence-corrected chi connectivity index (χ4v) is 8.28. The molecule has 262 valence electrons. The number of hydrogen-bond acceptors (Lipinski definition) is 2. The summed E-state index contributed by atoms with van der Waals surface area (Å²) in [5, 5.41) is 4.99. The standard InChI is InChI=1S/C52H34N4/c1-3-13-36(14-4-1)46-34-47(37-15-5-2-6-16-37)54-52(53-46)38-25-23-35(24-26-38)39-27-32-45-44-19-9-12-22-50(44)56(51(45)33-39)41-30-28-40(29-31-41)55-48-20-10-7-17-42(48)43-18-8-11-21-49(43)55/h1-34H. The van der Waals surface area contributed by atoms with Gasteiger partial charge in [-0.1, -0.05) is 152 Å². The molecular weight excluding hydrogens is 681 g/mol. The van der Waals surface area contributed by atoms with E-state index < -0.39 is 0 Å². The van der Waals surface area contributed by atoms with Crippen LogP contribution in [0.4, 0.5) is 0 Å². The molecule has 0 saturated carbocycles. The van der Waals surface area contributed by atoms with Crippen molar-refractivity contribution in [2.75, 3.05) is 0 Å². The molecule has 0 N–H and O–H groups in total. The van der Waals surface area contributed by atoms with Gasteiger partial charge in [0, 0.05) is 49.6 Å². The Morgan fingerprint density at radius 2 is 0.661 bits per heavy atom. The van der Waals surface area contributed by atoms with E-state index >= 15 is 0 Å². The van der Waals surface area contributed by atoms with Gasteiger partial charge in [-0.05, 0) is 65.7 Å². The van der Waals surface area contributed by atoms with Crippen LogP contribution in [-0.2, 0) is 0 Å². The van der Waals surface area contributed by atoms with Crippen molar-refractivity contribution in [2.45, 2.75) is 0 Å². The quantitative estimate of drug-likeness (QED) is 0.172. The first-order chi connectivity index (χ1) is 27.8. The van der Waals surface area contributed by atoms with Crippen LogP contribution in [0, 0.1) is 0 Å². The van der Waals surface area contributed by atoms with E-state index in [-0.39, 0.29) is 0 Å². The minimum absolute atomic E-state index is 0.705. The largest absolute Gasteiger partial charge is 0.309 e. The zero-order valence-corrected chi connectivity index (χ0v) is 30.4. The van der Waals surface area contributed by atoms with Gasteiger partial charge < -0.3 is 9.13 Å². The summed E-state index contributed by atoms with van der Waals surface area (Å²) in [5.74, 6) is 0.705. The molecule has 11 aromatic rings. The fourth-order valence-electron chi connectivity index (χ4n) is 8.28. The van der Waals surface area contributed by atoms with Crippen molar-refractivity contribution in [1.29, 1.82) is 0 Å². The average molecular weight is 715 g/mol. The van der Waals surface area contributed by atoms with Gasteiger partial charge in [0.05, 0.1) is 33.5 Å². The van der Waals surface area contributed by atoms with Crippen LogP contribution in [-0.4, -0.2) is 19.1 Å². The van der Waals surface area contributed by atoms with Crippen LogP contribution in [0.25, 0.3) is 100 Å². The number of aromatic nitrogens is 4. The van der Waals surface area contributed by atoms with Crippen molar-refractivity contribution >= 4 is 43.6 Å². The molecule has 0 radical (unpaired) electrons. The maximum atomic E-state index is 5.05. The van der Waals surface area contributed by atoms with Gasteiger partial charge in [-0.3, -0.25) is 0 Å². The molecule has 4 nitrogen and oxygen atoms in total. The Hall–Kier alpha value is -7.56. The lowest BCUT2D eigenvalue weighted by Gasteiger charge is -2.12. The molecule has 0 amide bonds. The highest BCUT2D eigenvalue weighted by Crippen LogP contribution is 2.37. The molecule has 0 aliphatic heterocycles. The second-order valence-corrected chi connectivity index (χ2v) is 14.2. The number of hydrogen-bond donors (Lipinski definition) is 0. The molecule has 11 rings (SSSR count). The number of nitrogens with zero attached hydrogens (tertiary/aromatic N) is 4. The molecule has 3 heterocycles. The first-order valence-corrected chi connectivity index (χ1v) is 19.0. The molecule has 0 atom stereocenters. The van der Waals surface area contributed by atoms with Crippen molar-refractivity contribution in [2.24, 2.45) is 0 Å². The summed E-state index contributed by atoms with van der Waals surface area (Å²) in [6, 6.07) is 73.2. The van der Waals surface area contributed by atoms with E-state index in [1.807, 2.05) is 36.4 Å². The van der Waals surface area contributed by atoms with E-state index in [1.54, 1.807) is 0 Å². The lowest BCUT2D eigenvalue weighted by Crippen LogP contribution is -1.97. The van der Waals surface area contributed by atoms with Crippen LogP contribution in [0.5, 0.6) is 0 Å². The molecule has 0 spiro atoms. The van der Waals surface area contributed by atoms with Crippen LogP contribution < -0.4 is 0 Å². The second-order valence-electron chi connectivity index (χ2n) is 14.2. The topological polar surface area (TPSA) is 35.6 Å². The highest BCUT2D eigenvalue weighted by molar-refractivity contribution is 6.11. The summed E-state index contributed by atoms with van der Waals surface area (Å²) in [6.07, 6.45) is 0. The van der Waals surface area contributed by atoms with Crippen LogP contribution in [0.15, 0.2) is 206 Å². The van der Waals surface area contributed by atoms with Gasteiger partial charge in [0.2, 0.25) is 0 Å². The Balaban J connectivity index is 0.990. The Morgan fingerprint density at radius 1 is 0.268 bits per heavy atom. The summed E-state index contributed by atoms with van der Waals surface area (Å²) < 4.78 is 4.76. The maximum Gasteiger partial charge on any atom is 0.160 e. The van der Waals surface area contributed by atoms with Crippen LogP contribution in [0.3, 0.4) is 0 Å². The fraction of sp³-hybridized carbons (Fsp3) is 0. The molecule has 0 saturated heterocycles. The van der Waals surface area contributed by atoms with E-state index in [0.29, 0.717) is 5.82 Å². The highest BCUT2D eigenvalue weighted by atomic mass is 15.0. The Morgan fingerprint density at radius 3 is 1.16 bits per heavy atom. The average Bonchev–Trinajstić information content (AvgIpc) is 3.80. The Bertz CT molecular complexity index is 3100. The van der Waals surface area contributed by atoms with Gasteiger partial charge in [-0.25, -0.2) is 9.97 Å². The first-order valence-electron chi connectivity index (χ1n) is 19.0. The van der Waals surface area contributed by atoms with E-state index in [1.165, 1.54) is 43.6 Å². The van der Waals surface area contributed by atoms with Crippen molar-refractivity contribution in [3.63, 3.8) is 0 Å². The van der Waals surface area contributed by atoms with E-state index in [0.717, 1.165) is 50.6 Å². The number of rotatable bonds is 6. The smallest absolute Gasteiger partial charge is 0.160 e. The van der Waals surface area contributed by atoms with Gasteiger partial charge in [0.25, 0.3) is 0 Å². The molecule has 4 heteroatoms. The SMILES string of the molecule is c1ccc(-c2cc(-c3ccccc3)nc(-c3ccc(-c4ccc5c6ccccc6n(-c6ccc(-n7c8ccccc8c8ccccc87)cc6)c5c4)cc3)n2)cc1. The van der Waals surface area contributed by atoms with Crippen LogP contribution in [0.1, 0.15) is 0 Å². The molecule has 0 aliphatic rings. The molecule has 0 fully saturated rings. The van der Waals surface area contributed by atoms with Gasteiger partial charge in [0.15, 0.2) is 5.82 Å². The molecule has 0 unspecified atom stereocenters. The first kappa shape index (κ1) is 31.9. The van der Waals surface area contributed by atoms with Crippen molar-refractivity contribution in [3.8, 4) is 56.4 Å². The molecule has 8 aromatic carbocycles. The minimum atomic E-state index is 0.705. The summed E-state index contributed by atoms with van der Waals surface area (Å²) in [6.45, 7) is 0. The molecular formula is C52H34N4. The lowest BCUT2D eigenvalue weighted by molar-refractivity contribution is 1.14. The van der Waals surface area contributed by atoms with E-state index in [4.69, 9.17) is 9.97 Å². The van der Waals surface area contributed by atoms with Gasteiger partial charge >= 0.3 is 0 Å². The zero-order valence-electron chi connectivity index (χ0n) is 30.4. The summed E-state index contributed by atoms with van der Waals surface area (Å²) in [4.78, 5) is 10.1. The van der Waals surface area contributed by atoms with Crippen molar-refractivity contribution < 1.29 is 0 Å². The van der Waals surface area contributed by atoms with Crippen molar-refractivity contribution in [3.05, 3.63) is 206 Å². The highest BCUT2D eigenvalue weighted by Gasteiger charge is 2.16. The number of benzene rings is 8. The van der Waals surface area contributed by atoms with Gasteiger partial charge in [0.1, 0.15) is 0 Å². The van der Waals surface area contributed by atoms with Crippen LogP contribution >= 0.6 is 0 Å². The molecule has 3 aromatic heterocycles. The maximum absolute atomic E-state index is 5.05. The Labute approximate surface area is 324 Å². The third-order valence-electron chi connectivity index (χ3n) is 11.0. The molecule has 0 bridgehead atoms. The molecule has 56 heavy (non-hydrogen) atoms. The number of fused-ring (bicyclic) bond motifs is 6. The lowest BCUT2D eigenvalue weighted by atomic mass is 10.0. The third kappa shape index (κ3) is 5.31. The van der Waals surface area contributed by atoms with E-state index in [2.05, 4.69) is 179 Å². The van der Waals surface area contributed by atoms with Gasteiger partial charge in [-0.2, -0.15) is 0 Å².